The van der Waals surface area contributed by atoms with Gasteiger partial charge in [-0.05, 0) is 38.1 Å². The summed E-state index contributed by atoms with van der Waals surface area (Å²) in [4.78, 5) is 0. The number of sulfone groups is 1. The molecule has 4 heteroatoms. The second-order valence-electron chi connectivity index (χ2n) is 5.10. The van der Waals surface area contributed by atoms with Crippen LogP contribution in [0.2, 0.25) is 0 Å². The van der Waals surface area contributed by atoms with Crippen molar-refractivity contribution in [2.24, 2.45) is 5.92 Å². The first-order valence-corrected chi connectivity index (χ1v) is 8.67. The van der Waals surface area contributed by atoms with Gasteiger partial charge in [-0.15, -0.1) is 0 Å². The van der Waals surface area contributed by atoms with E-state index >= 15 is 0 Å². The molecule has 3 nitrogen and oxygen atoms in total. The number of rotatable bonds is 10. The van der Waals surface area contributed by atoms with Crippen LogP contribution < -0.4 is 5.32 Å². The first kappa shape index (κ1) is 16.9. The molecule has 0 amide bonds. The highest BCUT2D eigenvalue weighted by Gasteiger charge is 2.11. The molecular weight excluding hydrogens is 234 g/mol. The van der Waals surface area contributed by atoms with Crippen LogP contribution in [-0.2, 0) is 9.84 Å². The van der Waals surface area contributed by atoms with Gasteiger partial charge in [-0.3, -0.25) is 0 Å². The van der Waals surface area contributed by atoms with Crippen molar-refractivity contribution in [1.82, 2.24) is 5.32 Å². The molecule has 0 fully saturated rings. The second-order valence-corrected chi connectivity index (χ2v) is 7.58. The summed E-state index contributed by atoms with van der Waals surface area (Å²) in [6.45, 7) is 9.24. The highest BCUT2D eigenvalue weighted by Crippen LogP contribution is 2.11. The van der Waals surface area contributed by atoms with Crippen LogP contribution in [0.5, 0.6) is 0 Å². The van der Waals surface area contributed by atoms with Gasteiger partial charge < -0.3 is 5.32 Å². The standard InChI is InChI=1S/C13H29NO2S/c1-5-14-13(10-9-12(3)4)8-7-11-17(15,16)6-2/h12-14H,5-11H2,1-4H3. The highest BCUT2D eigenvalue weighted by atomic mass is 32.2. The van der Waals surface area contributed by atoms with E-state index in [-0.39, 0.29) is 5.75 Å². The van der Waals surface area contributed by atoms with Gasteiger partial charge >= 0.3 is 0 Å². The maximum absolute atomic E-state index is 11.4. The van der Waals surface area contributed by atoms with Crippen LogP contribution in [0.4, 0.5) is 0 Å². The van der Waals surface area contributed by atoms with Crippen molar-refractivity contribution in [2.75, 3.05) is 18.1 Å². The molecule has 0 aliphatic heterocycles. The van der Waals surface area contributed by atoms with Crippen molar-refractivity contribution in [3.05, 3.63) is 0 Å². The minimum absolute atomic E-state index is 0.269. The predicted octanol–water partition coefficient (Wildman–Crippen LogP) is 2.62. The zero-order chi connectivity index (χ0) is 13.3. The van der Waals surface area contributed by atoms with Crippen molar-refractivity contribution in [3.8, 4) is 0 Å². The van der Waals surface area contributed by atoms with Crippen molar-refractivity contribution in [2.45, 2.75) is 59.4 Å². The van der Waals surface area contributed by atoms with Gasteiger partial charge in [-0.2, -0.15) is 0 Å². The molecule has 17 heavy (non-hydrogen) atoms. The molecular formula is C13H29NO2S. The van der Waals surface area contributed by atoms with Gasteiger partial charge in [0.15, 0.2) is 0 Å². The minimum Gasteiger partial charge on any atom is -0.314 e. The van der Waals surface area contributed by atoms with Crippen molar-refractivity contribution >= 4 is 9.84 Å². The Bertz CT molecular complexity index is 273. The van der Waals surface area contributed by atoms with E-state index in [1.165, 1.54) is 6.42 Å². The third-order valence-corrected chi connectivity index (χ3v) is 4.82. The summed E-state index contributed by atoms with van der Waals surface area (Å²) in [5.41, 5.74) is 0. The van der Waals surface area contributed by atoms with Crippen LogP contribution in [0.1, 0.15) is 53.4 Å². The van der Waals surface area contributed by atoms with Crippen LogP contribution in [0.25, 0.3) is 0 Å². The van der Waals surface area contributed by atoms with E-state index in [1.54, 1.807) is 6.92 Å². The Balaban J connectivity index is 3.92. The molecule has 0 aromatic rings. The lowest BCUT2D eigenvalue weighted by atomic mass is 10.0. The lowest BCUT2D eigenvalue weighted by Crippen LogP contribution is -2.29. The summed E-state index contributed by atoms with van der Waals surface area (Å²) < 4.78 is 22.8. The number of hydrogen-bond acceptors (Lipinski definition) is 3. The van der Waals surface area contributed by atoms with Crippen molar-refractivity contribution in [3.63, 3.8) is 0 Å². The largest absolute Gasteiger partial charge is 0.314 e. The Labute approximate surface area is 107 Å². The molecule has 0 aromatic carbocycles. The average Bonchev–Trinajstić information content (AvgIpc) is 2.25. The summed E-state index contributed by atoms with van der Waals surface area (Å²) >= 11 is 0. The van der Waals surface area contributed by atoms with Gasteiger partial charge in [0.05, 0.1) is 5.75 Å². The van der Waals surface area contributed by atoms with Crippen LogP contribution in [0.15, 0.2) is 0 Å². The molecule has 0 saturated carbocycles. The van der Waals surface area contributed by atoms with E-state index in [0.29, 0.717) is 11.8 Å². The smallest absolute Gasteiger partial charge is 0.150 e. The molecule has 1 unspecified atom stereocenters. The lowest BCUT2D eigenvalue weighted by Gasteiger charge is -2.18. The molecule has 0 radical (unpaired) electrons. The van der Waals surface area contributed by atoms with Gasteiger partial charge in [0, 0.05) is 11.8 Å². The average molecular weight is 263 g/mol. The fraction of sp³-hybridized carbons (Fsp3) is 1.00. The normalized spacial score (nSPS) is 14.2. The predicted molar refractivity (Wildman–Crippen MR) is 75.1 cm³/mol. The number of hydrogen-bond donors (Lipinski definition) is 1. The Hall–Kier alpha value is -0.0900. The Morgan fingerprint density at radius 3 is 2.18 bits per heavy atom. The monoisotopic (exact) mass is 263 g/mol. The molecule has 104 valence electrons. The van der Waals surface area contributed by atoms with Gasteiger partial charge in [-0.25, -0.2) is 8.42 Å². The SMILES string of the molecule is CCNC(CCCS(=O)(=O)CC)CCC(C)C. The van der Waals surface area contributed by atoms with E-state index in [9.17, 15) is 8.42 Å². The molecule has 0 heterocycles. The van der Waals surface area contributed by atoms with Crippen molar-refractivity contribution < 1.29 is 8.42 Å². The Morgan fingerprint density at radius 2 is 1.71 bits per heavy atom. The van der Waals surface area contributed by atoms with Gasteiger partial charge in [0.25, 0.3) is 0 Å². The fourth-order valence-corrected chi connectivity index (χ4v) is 2.76. The topological polar surface area (TPSA) is 46.2 Å². The van der Waals surface area contributed by atoms with E-state index in [0.717, 1.165) is 31.7 Å². The van der Waals surface area contributed by atoms with Crippen molar-refractivity contribution in [1.29, 1.82) is 0 Å². The molecule has 1 N–H and O–H groups in total. The first-order valence-electron chi connectivity index (χ1n) is 6.85. The minimum atomic E-state index is -2.79. The summed E-state index contributed by atoms with van der Waals surface area (Å²) in [5, 5.41) is 3.45. The lowest BCUT2D eigenvalue weighted by molar-refractivity contribution is 0.414. The molecule has 0 saturated heterocycles. The zero-order valence-corrected chi connectivity index (χ0v) is 12.6. The molecule has 0 aliphatic rings. The van der Waals surface area contributed by atoms with Gasteiger partial charge in [0.1, 0.15) is 9.84 Å². The first-order chi connectivity index (χ1) is 7.91. The van der Waals surface area contributed by atoms with E-state index in [4.69, 9.17) is 0 Å². The molecule has 0 spiro atoms. The van der Waals surface area contributed by atoms with Crippen LogP contribution in [0.3, 0.4) is 0 Å². The van der Waals surface area contributed by atoms with Crippen LogP contribution in [-0.4, -0.2) is 32.5 Å². The Morgan fingerprint density at radius 1 is 1.06 bits per heavy atom. The van der Waals surface area contributed by atoms with Gasteiger partial charge in [-0.1, -0.05) is 27.7 Å². The highest BCUT2D eigenvalue weighted by molar-refractivity contribution is 7.91. The summed E-state index contributed by atoms with van der Waals surface area (Å²) in [6.07, 6.45) is 4.11. The summed E-state index contributed by atoms with van der Waals surface area (Å²) in [6, 6.07) is 0.481. The molecule has 0 bridgehead atoms. The molecule has 1 atom stereocenters. The maximum atomic E-state index is 11.4. The summed E-state index contributed by atoms with van der Waals surface area (Å²) in [7, 11) is -2.79. The second kappa shape index (κ2) is 8.92. The number of nitrogens with one attached hydrogen (secondary N) is 1. The van der Waals surface area contributed by atoms with E-state index in [2.05, 4.69) is 26.1 Å². The zero-order valence-electron chi connectivity index (χ0n) is 11.8. The molecule has 0 rings (SSSR count). The third kappa shape index (κ3) is 9.60. The van der Waals surface area contributed by atoms with Crippen LogP contribution in [0, 0.1) is 5.92 Å². The fourth-order valence-electron chi connectivity index (χ4n) is 1.87. The van der Waals surface area contributed by atoms with Gasteiger partial charge in [0.2, 0.25) is 0 Å². The quantitative estimate of drug-likeness (QED) is 0.659. The molecule has 0 aromatic heterocycles. The van der Waals surface area contributed by atoms with E-state index in [1.807, 2.05) is 0 Å². The van der Waals surface area contributed by atoms with E-state index < -0.39 is 9.84 Å². The van der Waals surface area contributed by atoms with Crippen LogP contribution >= 0.6 is 0 Å². The maximum Gasteiger partial charge on any atom is 0.150 e. The molecule has 0 aliphatic carbocycles. The third-order valence-electron chi connectivity index (χ3n) is 3.03. The Kier molecular flexibility index (Phi) is 8.88. The summed E-state index contributed by atoms with van der Waals surface area (Å²) in [5.74, 6) is 1.33.